The van der Waals surface area contributed by atoms with E-state index in [1.165, 1.54) is 9.80 Å². The van der Waals surface area contributed by atoms with Gasteiger partial charge in [-0.1, -0.05) is 42.8 Å². The van der Waals surface area contributed by atoms with E-state index in [9.17, 15) is 14.4 Å². The molecule has 35 heavy (non-hydrogen) atoms. The minimum absolute atomic E-state index is 0.0592. The Kier molecular flexibility index (Phi) is 7.51. The molecular formula is C28H27ClN2O4. The number of carbonyl (C=O) groups is 3. The lowest BCUT2D eigenvalue weighted by molar-refractivity contribution is -0.122. The number of ether oxygens (including phenoxy) is 1. The third kappa shape index (κ3) is 5.38. The molecule has 7 heteroatoms. The second-order valence-electron chi connectivity index (χ2n) is 8.41. The summed E-state index contributed by atoms with van der Waals surface area (Å²) in [4.78, 5) is 42.6. The summed E-state index contributed by atoms with van der Waals surface area (Å²) < 4.78 is 5.21. The van der Waals surface area contributed by atoms with E-state index in [2.05, 4.69) is 0 Å². The van der Waals surface area contributed by atoms with E-state index in [-0.39, 0.29) is 24.8 Å². The van der Waals surface area contributed by atoms with E-state index in [0.717, 1.165) is 23.3 Å². The molecule has 6 nitrogen and oxygen atoms in total. The van der Waals surface area contributed by atoms with Crippen molar-refractivity contribution in [2.45, 2.75) is 32.2 Å². The number of hydrogen-bond donors (Lipinski definition) is 0. The zero-order chi connectivity index (χ0) is 24.9. The molecule has 1 aliphatic heterocycles. The lowest BCUT2D eigenvalue weighted by atomic mass is 10.1. The Labute approximate surface area is 210 Å². The van der Waals surface area contributed by atoms with Gasteiger partial charge in [-0.3, -0.25) is 14.4 Å². The van der Waals surface area contributed by atoms with Crippen LogP contribution in [0.1, 0.15) is 34.8 Å². The first-order valence-electron chi connectivity index (χ1n) is 11.6. The van der Waals surface area contributed by atoms with Crippen molar-refractivity contribution in [1.29, 1.82) is 0 Å². The number of imide groups is 1. The second kappa shape index (κ2) is 10.7. The van der Waals surface area contributed by atoms with Gasteiger partial charge in [0.15, 0.2) is 0 Å². The van der Waals surface area contributed by atoms with Crippen LogP contribution in [0.3, 0.4) is 0 Å². The predicted molar refractivity (Wildman–Crippen MR) is 136 cm³/mol. The van der Waals surface area contributed by atoms with Crippen LogP contribution in [-0.2, 0) is 22.4 Å². The second-order valence-corrected chi connectivity index (χ2v) is 8.85. The number of benzene rings is 3. The van der Waals surface area contributed by atoms with Crippen molar-refractivity contribution in [2.24, 2.45) is 0 Å². The number of carbonyl (C=O) groups excluding carboxylic acids is 3. The highest BCUT2D eigenvalue weighted by molar-refractivity contribution is 6.30. The highest BCUT2D eigenvalue weighted by Gasteiger charge is 2.44. The number of nitrogens with zero attached hydrogens (tertiary/aromatic N) is 2. The van der Waals surface area contributed by atoms with Gasteiger partial charge in [0.05, 0.1) is 19.2 Å². The smallest absolute Gasteiger partial charge is 0.257 e. The van der Waals surface area contributed by atoms with Crippen LogP contribution in [-0.4, -0.2) is 42.3 Å². The van der Waals surface area contributed by atoms with E-state index < -0.39 is 11.9 Å². The number of amides is 3. The van der Waals surface area contributed by atoms with E-state index in [1.54, 1.807) is 43.5 Å². The summed E-state index contributed by atoms with van der Waals surface area (Å²) in [6, 6.07) is 20.6. The third-order valence-electron chi connectivity index (χ3n) is 6.25. The van der Waals surface area contributed by atoms with Gasteiger partial charge < -0.3 is 9.64 Å². The van der Waals surface area contributed by atoms with Gasteiger partial charge in [-0.15, -0.1) is 0 Å². The summed E-state index contributed by atoms with van der Waals surface area (Å²) in [5.74, 6) is -0.285. The summed E-state index contributed by atoms with van der Waals surface area (Å²) in [5, 5.41) is 0.514. The molecule has 0 spiro atoms. The fourth-order valence-electron chi connectivity index (χ4n) is 4.21. The van der Waals surface area contributed by atoms with E-state index in [0.29, 0.717) is 22.7 Å². The summed E-state index contributed by atoms with van der Waals surface area (Å²) in [7, 11) is 1.60. The molecule has 3 aromatic carbocycles. The Morgan fingerprint density at radius 3 is 2.20 bits per heavy atom. The van der Waals surface area contributed by atoms with Crippen molar-refractivity contribution in [3.05, 3.63) is 94.5 Å². The Morgan fingerprint density at radius 1 is 0.971 bits per heavy atom. The third-order valence-corrected chi connectivity index (χ3v) is 6.51. The lowest BCUT2D eigenvalue weighted by Gasteiger charge is -2.28. The minimum atomic E-state index is -0.880. The van der Waals surface area contributed by atoms with Crippen LogP contribution in [0.4, 0.5) is 5.69 Å². The van der Waals surface area contributed by atoms with Crippen molar-refractivity contribution in [3.63, 3.8) is 0 Å². The number of aryl methyl sites for hydroxylation is 1. The molecule has 1 aliphatic rings. The fourth-order valence-corrected chi connectivity index (χ4v) is 4.34. The van der Waals surface area contributed by atoms with Crippen LogP contribution in [0.25, 0.3) is 0 Å². The van der Waals surface area contributed by atoms with Crippen LogP contribution in [0.5, 0.6) is 5.75 Å². The first-order chi connectivity index (χ1) is 16.9. The average Bonchev–Trinajstić information content (AvgIpc) is 3.18. The molecule has 4 rings (SSSR count). The quantitative estimate of drug-likeness (QED) is 0.420. The Bertz CT molecular complexity index is 1210. The van der Waals surface area contributed by atoms with Crippen molar-refractivity contribution in [3.8, 4) is 5.75 Å². The predicted octanol–water partition coefficient (Wildman–Crippen LogP) is 4.93. The molecule has 0 radical (unpaired) electrons. The summed E-state index contributed by atoms with van der Waals surface area (Å²) in [5.41, 5.74) is 3.04. The van der Waals surface area contributed by atoms with Crippen molar-refractivity contribution in [2.75, 3.05) is 18.6 Å². The van der Waals surface area contributed by atoms with Gasteiger partial charge in [-0.2, -0.15) is 0 Å². The summed E-state index contributed by atoms with van der Waals surface area (Å²) in [6.07, 6.45) is 1.32. The molecule has 0 saturated carbocycles. The Morgan fingerprint density at radius 2 is 1.60 bits per heavy atom. The molecule has 3 amide bonds. The van der Waals surface area contributed by atoms with Gasteiger partial charge in [0.1, 0.15) is 11.8 Å². The normalized spacial score (nSPS) is 15.4. The Balaban J connectivity index is 1.61. The monoisotopic (exact) mass is 490 g/mol. The van der Waals surface area contributed by atoms with Crippen LogP contribution >= 0.6 is 11.6 Å². The van der Waals surface area contributed by atoms with Crippen molar-refractivity contribution in [1.82, 2.24) is 4.90 Å². The maximum Gasteiger partial charge on any atom is 0.257 e. The molecule has 0 unspecified atom stereocenters. The van der Waals surface area contributed by atoms with Gasteiger partial charge in [0.25, 0.3) is 11.8 Å². The largest absolute Gasteiger partial charge is 0.497 e. The standard InChI is InChI=1S/C28H27ClN2O4/c1-3-19-4-12-23(13-5-19)31-26(32)18-25(28(31)34)30(27(33)21-8-10-22(29)11-9-21)17-16-20-6-14-24(35-2)15-7-20/h4-15,25H,3,16-18H2,1-2H3/t25-/m0/s1. The molecule has 0 bridgehead atoms. The molecule has 0 aromatic heterocycles. The maximum absolute atomic E-state index is 13.5. The maximum atomic E-state index is 13.5. The average molecular weight is 491 g/mol. The van der Waals surface area contributed by atoms with E-state index >= 15 is 0 Å². The van der Waals surface area contributed by atoms with Gasteiger partial charge in [-0.25, -0.2) is 4.90 Å². The number of hydrogen-bond acceptors (Lipinski definition) is 4. The number of anilines is 1. The van der Waals surface area contributed by atoms with Gasteiger partial charge in [0, 0.05) is 17.1 Å². The SMILES string of the molecule is CCc1ccc(N2C(=O)C[C@H](N(CCc3ccc(OC)cc3)C(=O)c3ccc(Cl)cc3)C2=O)cc1. The summed E-state index contributed by atoms with van der Waals surface area (Å²) >= 11 is 6.00. The van der Waals surface area contributed by atoms with Crippen molar-refractivity contribution < 1.29 is 19.1 Å². The first-order valence-corrected chi connectivity index (χ1v) is 11.9. The Hall–Kier alpha value is -3.64. The molecule has 1 saturated heterocycles. The van der Waals surface area contributed by atoms with Gasteiger partial charge >= 0.3 is 0 Å². The molecule has 0 N–H and O–H groups in total. The fraction of sp³-hybridized carbons (Fsp3) is 0.250. The lowest BCUT2D eigenvalue weighted by Crippen LogP contribution is -2.46. The number of rotatable bonds is 8. The number of halogens is 1. The summed E-state index contributed by atoms with van der Waals surface area (Å²) in [6.45, 7) is 2.32. The van der Waals surface area contributed by atoms with E-state index in [1.807, 2.05) is 43.3 Å². The van der Waals surface area contributed by atoms with Gasteiger partial charge in [0.2, 0.25) is 5.91 Å². The zero-order valence-electron chi connectivity index (χ0n) is 19.7. The highest BCUT2D eigenvalue weighted by atomic mass is 35.5. The van der Waals surface area contributed by atoms with Crippen LogP contribution in [0.2, 0.25) is 5.02 Å². The van der Waals surface area contributed by atoms with E-state index in [4.69, 9.17) is 16.3 Å². The molecule has 1 atom stereocenters. The molecule has 1 heterocycles. The van der Waals surface area contributed by atoms with Crippen LogP contribution in [0, 0.1) is 0 Å². The molecule has 1 fully saturated rings. The minimum Gasteiger partial charge on any atom is -0.497 e. The highest BCUT2D eigenvalue weighted by Crippen LogP contribution is 2.28. The molecular weight excluding hydrogens is 464 g/mol. The van der Waals surface area contributed by atoms with Crippen molar-refractivity contribution >= 4 is 35.0 Å². The number of methoxy groups -OCH3 is 1. The van der Waals surface area contributed by atoms with Crippen LogP contribution in [0.15, 0.2) is 72.8 Å². The molecule has 180 valence electrons. The molecule has 3 aromatic rings. The molecule has 0 aliphatic carbocycles. The zero-order valence-corrected chi connectivity index (χ0v) is 20.5. The first kappa shape index (κ1) is 24.5. The topological polar surface area (TPSA) is 66.9 Å². The van der Waals surface area contributed by atoms with Gasteiger partial charge in [-0.05, 0) is 72.5 Å². The van der Waals surface area contributed by atoms with Crippen LogP contribution < -0.4 is 9.64 Å².